The van der Waals surface area contributed by atoms with Gasteiger partial charge in [-0.15, -0.1) is 0 Å². The second kappa shape index (κ2) is 8.69. The zero-order valence-electron chi connectivity index (χ0n) is 21.3. The Morgan fingerprint density at radius 3 is 2.11 bits per heavy atom. The minimum Gasteiger partial charge on any atom is -0.363 e. The van der Waals surface area contributed by atoms with Crippen LogP contribution in [0.1, 0.15) is 73.1 Å². The summed E-state index contributed by atoms with van der Waals surface area (Å²) in [4.78, 5) is 17.8. The summed E-state index contributed by atoms with van der Waals surface area (Å²) in [6.07, 6.45) is 3.17. The minimum absolute atomic E-state index is 0.0322. The Bertz CT molecular complexity index is 1180. The first-order valence-corrected chi connectivity index (χ1v) is 13.9. The maximum atomic E-state index is 14.0. The van der Waals surface area contributed by atoms with Crippen molar-refractivity contribution in [1.29, 1.82) is 0 Å². The average molecular weight is 532 g/mol. The molecule has 204 valence electrons. The van der Waals surface area contributed by atoms with Crippen molar-refractivity contribution in [3.8, 4) is 0 Å². The number of hydrogen-bond donors (Lipinski definition) is 1. The van der Waals surface area contributed by atoms with E-state index >= 15 is 0 Å². The van der Waals surface area contributed by atoms with Gasteiger partial charge in [0.15, 0.2) is 11.7 Å². The second-order valence-corrected chi connectivity index (χ2v) is 12.3. The number of fused-ring (bicyclic) bond motifs is 1. The quantitative estimate of drug-likeness (QED) is 0.539. The topological polar surface area (TPSA) is 53.4 Å². The van der Waals surface area contributed by atoms with Crippen LogP contribution in [-0.2, 0) is 0 Å². The van der Waals surface area contributed by atoms with Crippen molar-refractivity contribution >= 4 is 11.7 Å². The molecule has 4 bridgehead atoms. The number of piperazine rings is 1. The summed E-state index contributed by atoms with van der Waals surface area (Å²) in [6.45, 7) is 2.75. The number of nitrogens with zero attached hydrogens (tertiary/aromatic N) is 4. The largest absolute Gasteiger partial charge is 0.410 e. The first-order valence-electron chi connectivity index (χ1n) is 13.9. The lowest BCUT2D eigenvalue weighted by Crippen LogP contribution is -2.64. The molecule has 10 heteroatoms. The summed E-state index contributed by atoms with van der Waals surface area (Å²) in [5, 5.41) is 7.25. The molecule has 0 radical (unpaired) electrons. The lowest BCUT2D eigenvalue weighted by molar-refractivity contribution is -0.173. The summed E-state index contributed by atoms with van der Waals surface area (Å²) >= 11 is 0. The molecule has 0 unspecified atom stereocenters. The summed E-state index contributed by atoms with van der Waals surface area (Å²) < 4.78 is 56.4. The minimum atomic E-state index is -4.54. The van der Waals surface area contributed by atoms with E-state index in [1.54, 1.807) is 4.90 Å². The Balaban J connectivity index is 1.07. The highest BCUT2D eigenvalue weighted by molar-refractivity contribution is 5.93. The Hall–Kier alpha value is -2.62. The molecule has 6 aliphatic rings. The standard InChI is InChI=1S/C28H33F4N5O/c29-21-3-1-20(2-4-21)22-12-24(28(30,31)32)37-25(33-22)13-23(34-37)26(38)35-5-7-36(8-6-35)27-14-17-9-18(15-27)11-19(10-17)16-27/h1-4,13,17-19,22,24,33H,5-12,14-16H2/t17?,18?,19?,22-,24+,27?/m1/s1. The highest BCUT2D eigenvalue weighted by atomic mass is 19.4. The zero-order chi connectivity index (χ0) is 26.2. The fraction of sp³-hybridized carbons (Fsp3) is 0.643. The molecular weight excluding hydrogens is 498 g/mol. The van der Waals surface area contributed by atoms with Crippen LogP contribution in [0.15, 0.2) is 30.3 Å². The molecule has 8 rings (SSSR count). The fourth-order valence-electron chi connectivity index (χ4n) is 8.59. The van der Waals surface area contributed by atoms with Crippen molar-refractivity contribution in [2.75, 3.05) is 31.5 Å². The number of carbonyl (C=O) groups is 1. The Morgan fingerprint density at radius 1 is 0.921 bits per heavy atom. The predicted octanol–water partition coefficient (Wildman–Crippen LogP) is 5.41. The summed E-state index contributed by atoms with van der Waals surface area (Å²) in [6, 6.07) is 4.35. The van der Waals surface area contributed by atoms with E-state index in [0.717, 1.165) is 35.5 Å². The Labute approximate surface area is 219 Å². The molecule has 4 saturated carbocycles. The van der Waals surface area contributed by atoms with Gasteiger partial charge in [-0.3, -0.25) is 9.69 Å². The molecule has 5 fully saturated rings. The number of anilines is 1. The third-order valence-corrected chi connectivity index (χ3v) is 9.92. The summed E-state index contributed by atoms with van der Waals surface area (Å²) in [7, 11) is 0. The van der Waals surface area contributed by atoms with Gasteiger partial charge in [0.25, 0.3) is 5.91 Å². The van der Waals surface area contributed by atoms with Gasteiger partial charge in [-0.2, -0.15) is 18.3 Å². The van der Waals surface area contributed by atoms with Gasteiger partial charge in [0, 0.05) is 44.2 Å². The number of halogens is 4. The highest BCUT2D eigenvalue weighted by Gasteiger charge is 2.54. The first kappa shape index (κ1) is 24.4. The normalized spacial score (nSPS) is 34.7. The number of hydrogen-bond acceptors (Lipinski definition) is 4. The van der Waals surface area contributed by atoms with E-state index < -0.39 is 24.1 Å². The Kier molecular flexibility index (Phi) is 5.59. The molecule has 1 aromatic heterocycles. The number of benzene rings is 1. The van der Waals surface area contributed by atoms with Crippen LogP contribution < -0.4 is 5.32 Å². The molecule has 1 amide bonds. The number of alkyl halides is 3. The van der Waals surface area contributed by atoms with Crippen LogP contribution in [0.3, 0.4) is 0 Å². The fourth-order valence-corrected chi connectivity index (χ4v) is 8.59. The predicted molar refractivity (Wildman–Crippen MR) is 133 cm³/mol. The van der Waals surface area contributed by atoms with E-state index in [4.69, 9.17) is 0 Å². The molecule has 1 N–H and O–H groups in total. The van der Waals surface area contributed by atoms with Crippen LogP contribution in [0.25, 0.3) is 0 Å². The van der Waals surface area contributed by atoms with E-state index in [2.05, 4.69) is 15.3 Å². The maximum Gasteiger partial charge on any atom is 0.410 e. The Morgan fingerprint density at radius 2 is 1.53 bits per heavy atom. The van der Waals surface area contributed by atoms with Gasteiger partial charge in [0.2, 0.25) is 0 Å². The highest BCUT2D eigenvalue weighted by Crippen LogP contribution is 2.58. The SMILES string of the molecule is O=C(c1cc2n(n1)[C@H](C(F)(F)F)C[C@H](c1ccc(F)cc1)N2)N1CCN(C23CC4CC(CC(C4)C2)C3)CC1. The van der Waals surface area contributed by atoms with E-state index in [0.29, 0.717) is 18.7 Å². The lowest BCUT2D eigenvalue weighted by atomic mass is 9.52. The number of aromatic nitrogens is 2. The molecule has 2 aromatic rings. The second-order valence-electron chi connectivity index (χ2n) is 12.3. The third-order valence-electron chi connectivity index (χ3n) is 9.92. The van der Waals surface area contributed by atoms with Crippen molar-refractivity contribution in [3.63, 3.8) is 0 Å². The molecule has 38 heavy (non-hydrogen) atoms. The number of carbonyl (C=O) groups excluding carboxylic acids is 1. The van der Waals surface area contributed by atoms with E-state index in [1.807, 2.05) is 0 Å². The molecular formula is C28H33F4N5O. The van der Waals surface area contributed by atoms with E-state index in [1.165, 1.54) is 68.9 Å². The zero-order valence-corrected chi connectivity index (χ0v) is 21.3. The number of amides is 1. The van der Waals surface area contributed by atoms with Gasteiger partial charge in [-0.1, -0.05) is 12.1 Å². The van der Waals surface area contributed by atoms with Crippen LogP contribution in [0.4, 0.5) is 23.4 Å². The molecule has 6 nitrogen and oxygen atoms in total. The average Bonchev–Trinajstić information content (AvgIpc) is 3.31. The van der Waals surface area contributed by atoms with Crippen LogP contribution >= 0.6 is 0 Å². The molecule has 0 spiro atoms. The third kappa shape index (κ3) is 4.10. The van der Waals surface area contributed by atoms with Crippen LogP contribution in [-0.4, -0.2) is 63.4 Å². The van der Waals surface area contributed by atoms with E-state index in [-0.39, 0.29) is 29.4 Å². The molecule has 3 heterocycles. The monoisotopic (exact) mass is 531 g/mol. The van der Waals surface area contributed by atoms with Gasteiger partial charge in [0.1, 0.15) is 11.6 Å². The maximum absolute atomic E-state index is 14.0. The number of nitrogens with one attached hydrogen (secondary N) is 1. The van der Waals surface area contributed by atoms with Crippen molar-refractivity contribution < 1.29 is 22.4 Å². The molecule has 4 aliphatic carbocycles. The summed E-state index contributed by atoms with van der Waals surface area (Å²) in [5.41, 5.74) is 0.878. The van der Waals surface area contributed by atoms with Gasteiger partial charge < -0.3 is 10.2 Å². The van der Waals surface area contributed by atoms with Crippen LogP contribution in [0.2, 0.25) is 0 Å². The smallest absolute Gasteiger partial charge is 0.363 e. The van der Waals surface area contributed by atoms with Crippen molar-refractivity contribution in [3.05, 3.63) is 47.4 Å². The van der Waals surface area contributed by atoms with E-state index in [9.17, 15) is 22.4 Å². The van der Waals surface area contributed by atoms with Crippen LogP contribution in [0.5, 0.6) is 0 Å². The van der Waals surface area contributed by atoms with Crippen molar-refractivity contribution in [1.82, 2.24) is 19.6 Å². The van der Waals surface area contributed by atoms with Crippen LogP contribution in [0, 0.1) is 23.6 Å². The van der Waals surface area contributed by atoms with Gasteiger partial charge in [-0.05, 0) is 74.0 Å². The lowest BCUT2D eigenvalue weighted by Gasteiger charge is -2.61. The number of rotatable bonds is 3. The molecule has 1 aromatic carbocycles. The molecule has 2 atom stereocenters. The molecule has 1 saturated heterocycles. The van der Waals surface area contributed by atoms with Gasteiger partial charge in [-0.25, -0.2) is 9.07 Å². The van der Waals surface area contributed by atoms with Gasteiger partial charge >= 0.3 is 6.18 Å². The van der Waals surface area contributed by atoms with Gasteiger partial charge in [0.05, 0.1) is 6.04 Å². The van der Waals surface area contributed by atoms with Crippen molar-refractivity contribution in [2.45, 2.75) is 68.7 Å². The van der Waals surface area contributed by atoms with Crippen molar-refractivity contribution in [2.24, 2.45) is 17.8 Å². The summed E-state index contributed by atoms with van der Waals surface area (Å²) in [5.74, 6) is 1.95. The molecule has 2 aliphatic heterocycles. The first-order chi connectivity index (χ1) is 18.2.